The number of pyridine rings is 1. The molecule has 214 valence electrons. The third kappa shape index (κ3) is 6.68. The maximum atomic E-state index is 13.9. The molecular weight excluding hydrogens is 613 g/mol. The molecule has 1 amide bonds. The van der Waals surface area contributed by atoms with Crippen LogP contribution in [0.5, 0.6) is 11.5 Å². The van der Waals surface area contributed by atoms with Crippen LogP contribution in [0.25, 0.3) is 11.0 Å². The number of nitrogens with zero attached hydrogens (tertiary/aromatic N) is 3. The van der Waals surface area contributed by atoms with Crippen molar-refractivity contribution in [3.63, 3.8) is 0 Å². The SMILES string of the molecule is CC(C)c1ccc2c(Nc3cc(NC(=O)c4cc(F)cc(C(F)(F)F)c4)ccc3Oc3ccc([AsH2])cc3)ncnc2n1. The molecule has 2 heterocycles. The first-order chi connectivity index (χ1) is 20.0. The van der Waals surface area contributed by atoms with E-state index >= 15 is 0 Å². The molecule has 1 unspecified atom stereocenters. The Labute approximate surface area is 246 Å². The summed E-state index contributed by atoms with van der Waals surface area (Å²) in [5.41, 5.74) is 0.221. The molecule has 0 aliphatic rings. The Morgan fingerprint density at radius 3 is 2.43 bits per heavy atom. The molecule has 0 radical (unpaired) electrons. The summed E-state index contributed by atoms with van der Waals surface area (Å²) >= 11 is 1.47. The fraction of sp³-hybridized carbons (Fsp3) is 0.133. The van der Waals surface area contributed by atoms with Gasteiger partial charge in [0.15, 0.2) is 0 Å². The van der Waals surface area contributed by atoms with Gasteiger partial charge in [-0.3, -0.25) is 0 Å². The van der Waals surface area contributed by atoms with E-state index in [-0.39, 0.29) is 11.6 Å². The number of anilines is 3. The molecular formula is C30H24AsF4N5O2. The second kappa shape index (κ2) is 11.8. The molecule has 0 aliphatic heterocycles. The fourth-order valence-electron chi connectivity index (χ4n) is 4.05. The number of hydrogen-bond donors (Lipinski definition) is 2. The van der Waals surface area contributed by atoms with E-state index < -0.39 is 29.0 Å². The van der Waals surface area contributed by atoms with Gasteiger partial charge in [-0.05, 0) is 24.1 Å². The molecule has 3 aromatic carbocycles. The minimum atomic E-state index is -4.81. The third-order valence-corrected chi connectivity index (χ3v) is 7.00. The van der Waals surface area contributed by atoms with Crippen LogP contribution in [-0.2, 0) is 6.18 Å². The van der Waals surface area contributed by atoms with Crippen molar-refractivity contribution in [3.8, 4) is 11.5 Å². The summed E-state index contributed by atoms with van der Waals surface area (Å²) in [5.74, 6) is -0.537. The first kappa shape index (κ1) is 29.0. The monoisotopic (exact) mass is 637 g/mol. The molecule has 0 fully saturated rings. The Hall–Kier alpha value is -4.50. The average Bonchev–Trinajstić information content (AvgIpc) is 2.94. The van der Waals surface area contributed by atoms with Gasteiger partial charge in [0.25, 0.3) is 0 Å². The molecule has 0 saturated carbocycles. The van der Waals surface area contributed by atoms with Crippen molar-refractivity contribution in [1.29, 1.82) is 0 Å². The molecule has 5 aromatic rings. The number of carbonyl (C=O) groups excluding carboxylic acids is 1. The maximum absolute atomic E-state index is 13.9. The van der Waals surface area contributed by atoms with E-state index in [1.807, 2.05) is 50.2 Å². The molecule has 42 heavy (non-hydrogen) atoms. The quantitative estimate of drug-likeness (QED) is 0.160. The van der Waals surface area contributed by atoms with Crippen molar-refractivity contribution >= 4 is 55.3 Å². The zero-order valence-electron chi connectivity index (χ0n) is 22.3. The number of alkyl halides is 3. The summed E-state index contributed by atoms with van der Waals surface area (Å²) in [6, 6.07) is 17.5. The van der Waals surface area contributed by atoms with Gasteiger partial charge in [0.2, 0.25) is 0 Å². The molecule has 1 atom stereocenters. The zero-order valence-corrected chi connectivity index (χ0v) is 24.8. The Bertz CT molecular complexity index is 1780. The van der Waals surface area contributed by atoms with Crippen LogP contribution in [0, 0.1) is 5.82 Å². The van der Waals surface area contributed by atoms with Crippen molar-refractivity contribution in [2.45, 2.75) is 25.9 Å². The van der Waals surface area contributed by atoms with Gasteiger partial charge in [-0.2, -0.15) is 13.2 Å². The second-order valence-electron chi connectivity index (χ2n) is 9.67. The summed E-state index contributed by atoms with van der Waals surface area (Å²) in [7, 11) is 0. The Balaban J connectivity index is 1.51. The van der Waals surface area contributed by atoms with E-state index in [9.17, 15) is 22.4 Å². The Morgan fingerprint density at radius 2 is 1.71 bits per heavy atom. The first-order valence-electron chi connectivity index (χ1n) is 12.7. The zero-order chi connectivity index (χ0) is 30.0. The van der Waals surface area contributed by atoms with Gasteiger partial charge in [-0.25, -0.2) is 4.39 Å². The van der Waals surface area contributed by atoms with Crippen molar-refractivity contribution in [3.05, 3.63) is 102 Å². The van der Waals surface area contributed by atoms with Gasteiger partial charge in [0, 0.05) is 5.69 Å². The van der Waals surface area contributed by atoms with Crippen molar-refractivity contribution in [2.24, 2.45) is 0 Å². The van der Waals surface area contributed by atoms with Crippen LogP contribution >= 0.6 is 0 Å². The Kier molecular flexibility index (Phi) is 8.13. The Morgan fingerprint density at radius 1 is 0.952 bits per heavy atom. The van der Waals surface area contributed by atoms with Gasteiger partial charge in [-0.15, -0.1) is 0 Å². The number of benzene rings is 3. The standard InChI is InChI=1S/C30H24AsF4N5O2/c1-16(2)24-9-8-23-27(39-24)36-15-37-28(23)40-25-14-21(5-10-26(25)42-22-6-3-19(31)4-7-22)38-29(41)17-11-18(30(33,34)35)13-20(32)12-17/h3-16H,31H2,1-2H3,(H,38,41)(H,36,37,39,40). The van der Waals surface area contributed by atoms with Crippen molar-refractivity contribution in [2.75, 3.05) is 10.6 Å². The minimum absolute atomic E-state index is 0.196. The molecule has 0 bridgehead atoms. The predicted molar refractivity (Wildman–Crippen MR) is 155 cm³/mol. The van der Waals surface area contributed by atoms with Crippen LogP contribution < -0.4 is 19.7 Å². The summed E-state index contributed by atoms with van der Waals surface area (Å²) in [6.45, 7) is 4.05. The van der Waals surface area contributed by atoms with Crippen LogP contribution in [0.3, 0.4) is 0 Å². The normalized spacial score (nSPS) is 11.5. The van der Waals surface area contributed by atoms with Crippen LogP contribution in [0.15, 0.2) is 79.1 Å². The summed E-state index contributed by atoms with van der Waals surface area (Å²) < 4.78 is 60.7. The molecule has 2 aromatic heterocycles. The number of fused-ring (bicyclic) bond motifs is 1. The van der Waals surface area contributed by atoms with Crippen LogP contribution in [0.1, 0.15) is 41.4 Å². The van der Waals surface area contributed by atoms with Gasteiger partial charge in [0.1, 0.15) is 5.82 Å². The fourth-order valence-corrected chi connectivity index (χ4v) is 4.45. The molecule has 0 spiro atoms. The summed E-state index contributed by atoms with van der Waals surface area (Å²) in [5, 5.41) is 6.39. The molecule has 12 heteroatoms. The molecule has 5 rings (SSSR count). The van der Waals surface area contributed by atoms with Crippen molar-refractivity contribution in [1.82, 2.24) is 15.0 Å². The van der Waals surface area contributed by atoms with Crippen LogP contribution in [0.2, 0.25) is 0 Å². The van der Waals surface area contributed by atoms with E-state index in [1.54, 1.807) is 12.1 Å². The number of rotatable bonds is 7. The molecule has 2 N–H and O–H groups in total. The van der Waals surface area contributed by atoms with E-state index in [0.29, 0.717) is 46.2 Å². The van der Waals surface area contributed by atoms with E-state index in [4.69, 9.17) is 4.74 Å². The number of ether oxygens (including phenoxy) is 1. The number of aromatic nitrogens is 3. The van der Waals surface area contributed by atoms with Gasteiger partial charge in [-0.1, -0.05) is 13.8 Å². The number of nitrogens with one attached hydrogen (secondary N) is 2. The average molecular weight is 637 g/mol. The second-order valence-corrected chi connectivity index (χ2v) is 11.1. The topological polar surface area (TPSA) is 89.0 Å². The van der Waals surface area contributed by atoms with E-state index in [0.717, 1.165) is 16.1 Å². The van der Waals surface area contributed by atoms with E-state index in [2.05, 4.69) is 25.6 Å². The summed E-state index contributed by atoms with van der Waals surface area (Å²) in [4.78, 5) is 26.1. The number of amides is 1. The number of halogens is 4. The van der Waals surface area contributed by atoms with Gasteiger partial charge < -0.3 is 0 Å². The third-order valence-electron chi connectivity index (χ3n) is 6.20. The predicted octanol–water partition coefficient (Wildman–Crippen LogP) is 6.35. The first-order valence-corrected chi connectivity index (χ1v) is 13.9. The van der Waals surface area contributed by atoms with Crippen LogP contribution in [0.4, 0.5) is 34.8 Å². The summed E-state index contributed by atoms with van der Waals surface area (Å²) in [6.07, 6.45) is -3.44. The van der Waals surface area contributed by atoms with Crippen LogP contribution in [-0.4, -0.2) is 37.7 Å². The molecule has 0 aliphatic carbocycles. The molecule has 0 saturated heterocycles. The van der Waals surface area contributed by atoms with Gasteiger partial charge >= 0.3 is 175 Å². The molecule has 7 nitrogen and oxygen atoms in total. The number of carbonyl (C=O) groups is 1. The van der Waals surface area contributed by atoms with Gasteiger partial charge in [0.05, 0.1) is 5.56 Å². The van der Waals surface area contributed by atoms with Crippen molar-refractivity contribution < 1.29 is 27.1 Å². The van der Waals surface area contributed by atoms with E-state index in [1.165, 1.54) is 29.2 Å². The number of hydrogen-bond acceptors (Lipinski definition) is 6.